The second kappa shape index (κ2) is 6.30. The Balaban J connectivity index is 2.79. The van der Waals surface area contributed by atoms with Crippen molar-refractivity contribution in [1.82, 2.24) is 0 Å². The van der Waals surface area contributed by atoms with E-state index in [1.807, 2.05) is 0 Å². The molecule has 8 nitrogen and oxygen atoms in total. The molecule has 0 bridgehead atoms. The van der Waals surface area contributed by atoms with E-state index in [1.165, 1.54) is 24.4 Å². The molecule has 0 radical (unpaired) electrons. The van der Waals surface area contributed by atoms with E-state index in [2.05, 4.69) is 9.99 Å². The van der Waals surface area contributed by atoms with Gasteiger partial charge < -0.3 is 19.8 Å². The summed E-state index contributed by atoms with van der Waals surface area (Å²) in [4.78, 5) is 24.4. The molecule has 0 amide bonds. The highest BCUT2D eigenvalue weighted by molar-refractivity contribution is 5.80. The average molecular weight is 253 g/mol. The lowest BCUT2D eigenvalue weighted by Crippen LogP contribution is -2.26. The average Bonchev–Trinajstić information content (AvgIpc) is 2.33. The molecule has 1 rings (SSSR count). The van der Waals surface area contributed by atoms with Crippen molar-refractivity contribution in [3.8, 4) is 0 Å². The fraction of sp³-hybridized carbons (Fsp3) is 0.200. The number of nitrogens with zero attached hydrogens (tertiary/aromatic N) is 2. The SMILES string of the molecule is O=C([O-])CO/N=C/c1ccc([N+](=O)[O-])c(CO)c1. The topological polar surface area (TPSA) is 125 Å². The van der Waals surface area contributed by atoms with Crippen LogP contribution < -0.4 is 5.11 Å². The van der Waals surface area contributed by atoms with Gasteiger partial charge in [-0.15, -0.1) is 0 Å². The molecule has 18 heavy (non-hydrogen) atoms. The third-order valence-electron chi connectivity index (χ3n) is 1.93. The minimum Gasteiger partial charge on any atom is -0.546 e. The molecule has 0 atom stereocenters. The predicted octanol–water partition coefficient (Wildman–Crippen LogP) is -0.812. The lowest BCUT2D eigenvalue weighted by Gasteiger charge is -2.01. The number of carbonyl (C=O) groups is 1. The number of hydrogen-bond donors (Lipinski definition) is 1. The van der Waals surface area contributed by atoms with Crippen LogP contribution in [0.5, 0.6) is 0 Å². The van der Waals surface area contributed by atoms with Crippen LogP contribution in [0, 0.1) is 10.1 Å². The number of benzene rings is 1. The summed E-state index contributed by atoms with van der Waals surface area (Å²) in [5.74, 6) is -1.41. The third-order valence-corrected chi connectivity index (χ3v) is 1.93. The van der Waals surface area contributed by atoms with Crippen molar-refractivity contribution >= 4 is 17.9 Å². The Labute approximate surface area is 101 Å². The number of hydrogen-bond acceptors (Lipinski definition) is 7. The lowest BCUT2D eigenvalue weighted by molar-refractivity contribution is -0.385. The Morgan fingerprint density at radius 3 is 2.83 bits per heavy atom. The number of oxime groups is 1. The van der Waals surface area contributed by atoms with Gasteiger partial charge in [0.05, 0.1) is 29.3 Å². The number of aliphatic hydroxyl groups excluding tert-OH is 1. The normalized spacial score (nSPS) is 10.5. The summed E-state index contributed by atoms with van der Waals surface area (Å²) < 4.78 is 0. The van der Waals surface area contributed by atoms with Gasteiger partial charge >= 0.3 is 0 Å². The first-order chi connectivity index (χ1) is 8.54. The van der Waals surface area contributed by atoms with Gasteiger partial charge in [-0.1, -0.05) is 5.16 Å². The molecule has 1 N–H and O–H groups in total. The monoisotopic (exact) mass is 253 g/mol. The molecular weight excluding hydrogens is 244 g/mol. The molecule has 1 aromatic carbocycles. The second-order valence-corrected chi connectivity index (χ2v) is 3.18. The van der Waals surface area contributed by atoms with Crippen LogP contribution in [-0.2, 0) is 16.2 Å². The van der Waals surface area contributed by atoms with E-state index in [0.717, 1.165) is 0 Å². The van der Waals surface area contributed by atoms with Gasteiger partial charge in [0.2, 0.25) is 0 Å². The molecule has 96 valence electrons. The molecule has 0 aliphatic rings. The molecule has 0 aliphatic carbocycles. The number of carbonyl (C=O) groups excluding carboxylic acids is 1. The van der Waals surface area contributed by atoms with Crippen molar-refractivity contribution in [2.45, 2.75) is 6.61 Å². The summed E-state index contributed by atoms with van der Waals surface area (Å²) in [6.07, 6.45) is 1.17. The van der Waals surface area contributed by atoms with Crippen LogP contribution in [0.3, 0.4) is 0 Å². The van der Waals surface area contributed by atoms with Crippen LogP contribution in [0.2, 0.25) is 0 Å². The molecule has 0 heterocycles. The largest absolute Gasteiger partial charge is 0.546 e. The zero-order chi connectivity index (χ0) is 13.5. The van der Waals surface area contributed by atoms with E-state index in [4.69, 9.17) is 5.11 Å². The van der Waals surface area contributed by atoms with Gasteiger partial charge in [-0.2, -0.15) is 0 Å². The number of carboxylic acid groups (broad SMARTS) is 1. The number of nitro benzene ring substituents is 1. The van der Waals surface area contributed by atoms with Crippen LogP contribution in [0.4, 0.5) is 5.69 Å². The minimum absolute atomic E-state index is 0.129. The van der Waals surface area contributed by atoms with E-state index in [0.29, 0.717) is 5.56 Å². The van der Waals surface area contributed by atoms with Gasteiger partial charge in [0, 0.05) is 6.07 Å². The van der Waals surface area contributed by atoms with Crippen molar-refractivity contribution in [2.75, 3.05) is 6.61 Å². The van der Waals surface area contributed by atoms with Crippen LogP contribution in [0.15, 0.2) is 23.4 Å². The maximum Gasteiger partial charge on any atom is 0.274 e. The molecule has 0 fully saturated rings. The molecule has 0 unspecified atom stereocenters. The zero-order valence-electron chi connectivity index (χ0n) is 9.11. The summed E-state index contributed by atoms with van der Waals surface area (Å²) in [5.41, 5.74) is 0.358. The van der Waals surface area contributed by atoms with Gasteiger partial charge in [0.15, 0.2) is 6.61 Å². The fourth-order valence-corrected chi connectivity index (χ4v) is 1.18. The Hall–Kier alpha value is -2.48. The van der Waals surface area contributed by atoms with Crippen molar-refractivity contribution in [1.29, 1.82) is 0 Å². The molecule has 1 aromatic rings. The fourth-order valence-electron chi connectivity index (χ4n) is 1.18. The van der Waals surface area contributed by atoms with E-state index < -0.39 is 24.1 Å². The van der Waals surface area contributed by atoms with Crippen LogP contribution in [0.1, 0.15) is 11.1 Å². The van der Waals surface area contributed by atoms with Crippen molar-refractivity contribution in [2.24, 2.45) is 5.16 Å². The molecule has 0 saturated heterocycles. The summed E-state index contributed by atoms with van der Waals surface area (Å²) >= 11 is 0. The summed E-state index contributed by atoms with van der Waals surface area (Å²) in [7, 11) is 0. The molecule has 0 saturated carbocycles. The van der Waals surface area contributed by atoms with Gasteiger partial charge in [-0.05, 0) is 17.7 Å². The van der Waals surface area contributed by atoms with Gasteiger partial charge in [-0.25, -0.2) is 0 Å². The Kier molecular flexibility index (Phi) is 4.76. The quantitative estimate of drug-likeness (QED) is 0.401. The highest BCUT2D eigenvalue weighted by Gasteiger charge is 2.12. The van der Waals surface area contributed by atoms with Crippen LogP contribution >= 0.6 is 0 Å². The molecule has 0 spiro atoms. The third kappa shape index (κ3) is 3.83. The molecule has 0 aliphatic heterocycles. The first-order valence-electron chi connectivity index (χ1n) is 4.78. The summed E-state index contributed by atoms with van der Waals surface area (Å²) in [6.45, 7) is -1.17. The lowest BCUT2D eigenvalue weighted by atomic mass is 10.1. The number of aliphatic carboxylic acids is 1. The van der Waals surface area contributed by atoms with Gasteiger partial charge in [-0.3, -0.25) is 10.1 Å². The van der Waals surface area contributed by atoms with E-state index >= 15 is 0 Å². The van der Waals surface area contributed by atoms with Gasteiger partial charge in [0.1, 0.15) is 0 Å². The predicted molar refractivity (Wildman–Crippen MR) is 57.6 cm³/mol. The zero-order valence-corrected chi connectivity index (χ0v) is 9.11. The molecule has 0 aromatic heterocycles. The summed E-state index contributed by atoms with van der Waals surface area (Å²) in [5, 5.41) is 32.9. The van der Waals surface area contributed by atoms with Crippen LogP contribution in [0.25, 0.3) is 0 Å². The Morgan fingerprint density at radius 1 is 1.56 bits per heavy atom. The molecular formula is C10H9N2O6-. The number of aliphatic hydroxyl groups is 1. The summed E-state index contributed by atoms with van der Waals surface area (Å²) in [6, 6.07) is 3.96. The van der Waals surface area contributed by atoms with Gasteiger partial charge in [0.25, 0.3) is 5.69 Å². The smallest absolute Gasteiger partial charge is 0.274 e. The van der Waals surface area contributed by atoms with Crippen molar-refractivity contribution in [3.63, 3.8) is 0 Å². The highest BCUT2D eigenvalue weighted by Crippen LogP contribution is 2.19. The number of rotatable bonds is 6. The Morgan fingerprint density at radius 2 is 2.28 bits per heavy atom. The van der Waals surface area contributed by atoms with E-state index in [9.17, 15) is 20.0 Å². The standard InChI is InChI=1S/C10H10N2O6/c13-5-8-3-7(1-2-9(8)12(16)17)4-11-18-6-10(14)15/h1-4,13H,5-6H2,(H,14,15)/p-1/b11-4+. The van der Waals surface area contributed by atoms with Crippen LogP contribution in [-0.4, -0.2) is 28.8 Å². The Bertz CT molecular complexity index is 485. The van der Waals surface area contributed by atoms with E-state index in [-0.39, 0.29) is 11.3 Å². The first-order valence-corrected chi connectivity index (χ1v) is 4.78. The van der Waals surface area contributed by atoms with Crippen molar-refractivity contribution < 1.29 is 24.8 Å². The minimum atomic E-state index is -1.41. The van der Waals surface area contributed by atoms with E-state index in [1.54, 1.807) is 0 Å². The number of nitro groups is 1. The molecule has 8 heteroatoms. The van der Waals surface area contributed by atoms with Crippen molar-refractivity contribution in [3.05, 3.63) is 39.4 Å². The second-order valence-electron chi connectivity index (χ2n) is 3.18. The highest BCUT2D eigenvalue weighted by atomic mass is 16.6. The number of carboxylic acids is 1. The maximum atomic E-state index is 10.6. The maximum absolute atomic E-state index is 10.6. The first kappa shape index (κ1) is 13.6.